The van der Waals surface area contributed by atoms with E-state index in [1.165, 1.54) is 0 Å². The molecule has 0 spiro atoms. The summed E-state index contributed by atoms with van der Waals surface area (Å²) in [5.41, 5.74) is 9.16. The van der Waals surface area contributed by atoms with Crippen molar-refractivity contribution in [3.05, 3.63) is 387 Å². The van der Waals surface area contributed by atoms with E-state index in [-0.39, 0.29) is 83.4 Å². The van der Waals surface area contributed by atoms with Crippen molar-refractivity contribution in [2.24, 2.45) is 0 Å². The first kappa shape index (κ1) is 51.4. The van der Waals surface area contributed by atoms with Crippen LogP contribution in [0.25, 0.3) is 144 Å². The van der Waals surface area contributed by atoms with Crippen LogP contribution in [0.3, 0.4) is 0 Å². The maximum Gasteiger partial charge on any atom is 0.256 e. The molecule has 0 saturated heterocycles. The number of nitrogens with zero attached hydrogens (tertiary/aromatic N) is 6. The summed E-state index contributed by atoms with van der Waals surface area (Å²) in [5, 5.41) is -0.367. The van der Waals surface area contributed by atoms with E-state index in [0.29, 0.717) is 94.5 Å². The third kappa shape index (κ3) is 10.9. The van der Waals surface area contributed by atoms with Gasteiger partial charge >= 0.3 is 0 Å². The fraction of sp³-hybridized carbons (Fsp3) is 0.0714. The summed E-state index contributed by atoms with van der Waals surface area (Å²) >= 11 is 0. The molecule has 0 unspecified atom stereocenters. The Bertz CT molecular complexity index is 8910. The van der Waals surface area contributed by atoms with Gasteiger partial charge in [-0.05, 0) is 190 Å². The molecule has 0 N–H and O–H groups in total. The van der Waals surface area contributed by atoms with Gasteiger partial charge in [-0.1, -0.05) is 320 Å². The first-order chi connectivity index (χ1) is 68.5. The minimum Gasteiger partial charge on any atom is -0.456 e. The number of rotatable bonds is 10. The fourth-order valence-corrected chi connectivity index (χ4v) is 18.8. The van der Waals surface area contributed by atoms with Crippen molar-refractivity contribution >= 4 is 135 Å². The van der Waals surface area contributed by atoms with Crippen LogP contribution in [0.5, 0.6) is 11.5 Å². The second-order valence-electron chi connectivity index (χ2n) is 33.4. The average molecular weight is 1570 g/mol. The van der Waals surface area contributed by atoms with Crippen LogP contribution in [0.2, 0.25) is 0 Å². The SMILES string of the molecule is [2H]c1c([2H])c([2H])c(-c2c([2H])c([2H])c3c(c2[2H])c2c([2H])c([2H])c([2H])c4c2n3-c2cc3c(c5c2B4c2ccc(-c4ccccc4)cc2O5)N(c2c(-c4ccccc4)cc(C(C)(C)C)cc2-c2ccccc2)c2cc(-c4ncc5ccccc5n4)cc4c2B3c2c([2H])c([2H])c(-n3c5c([2H])c([2H])c([2H])c([2H])c5c5c([2H])c([2H])c([2H])c([2H])c53)c([2H])c2N4c2c(-c3ccccc3)cc(C(C)(C)C)cc2-c2ccccc2)c([2H])c1[2H]. The lowest BCUT2D eigenvalue weighted by Gasteiger charge is -2.47. The van der Waals surface area contributed by atoms with Gasteiger partial charge < -0.3 is 23.7 Å². The molecule has 17 aromatic carbocycles. The van der Waals surface area contributed by atoms with Crippen LogP contribution < -0.4 is 47.3 Å². The van der Waals surface area contributed by atoms with Gasteiger partial charge in [0.15, 0.2) is 5.82 Å². The zero-order valence-corrected chi connectivity index (χ0v) is 66.3. The maximum atomic E-state index is 12.2. The van der Waals surface area contributed by atoms with E-state index in [9.17, 15) is 26.0 Å². The number of benzene rings is 17. The average Bonchev–Trinajstić information content (AvgIpc) is 1.65. The molecular weight excluding hydrogens is 1470 g/mol. The van der Waals surface area contributed by atoms with Crippen LogP contribution in [0.1, 0.15) is 82.8 Å². The molecule has 7 heterocycles. The van der Waals surface area contributed by atoms with Crippen molar-refractivity contribution < 1.29 is 34.9 Å². The van der Waals surface area contributed by atoms with E-state index >= 15 is 0 Å². The Morgan fingerprint density at radius 3 is 1.47 bits per heavy atom. The molecule has 4 aliphatic rings. The van der Waals surface area contributed by atoms with Crippen LogP contribution in [-0.2, 0) is 10.8 Å². The van der Waals surface area contributed by atoms with Gasteiger partial charge in [-0.3, -0.25) is 0 Å². The Hall–Kier alpha value is -14.8. The van der Waals surface area contributed by atoms with Crippen molar-refractivity contribution in [3.63, 3.8) is 0 Å². The summed E-state index contributed by atoms with van der Waals surface area (Å²) in [6.07, 6.45) is 1.75. The van der Waals surface area contributed by atoms with Crippen LogP contribution in [0.15, 0.2) is 376 Å². The molecule has 7 nitrogen and oxygen atoms in total. The molecule has 0 fully saturated rings. The zero-order valence-electron chi connectivity index (χ0n) is 88.3. The van der Waals surface area contributed by atoms with E-state index in [1.807, 2.05) is 217 Å². The second-order valence-corrected chi connectivity index (χ2v) is 33.4. The summed E-state index contributed by atoms with van der Waals surface area (Å²) in [6.45, 7) is 10.0. The molecule has 3 aromatic heterocycles. The Morgan fingerprint density at radius 1 is 0.339 bits per heavy atom. The van der Waals surface area contributed by atoms with Crippen molar-refractivity contribution in [2.45, 2.75) is 52.4 Å². The zero-order chi connectivity index (χ0) is 99.8. The highest BCUT2D eigenvalue weighted by Gasteiger charge is 2.51. The normalized spacial score (nSPS) is 15.6. The van der Waals surface area contributed by atoms with Gasteiger partial charge in [-0.2, -0.15) is 0 Å². The summed E-state index contributed by atoms with van der Waals surface area (Å²) in [4.78, 5) is 15.0. The topological polar surface area (TPSA) is 51.4 Å². The Labute approximate surface area is 735 Å². The molecule has 24 rings (SSSR count). The minimum absolute atomic E-state index is 0.0395. The largest absolute Gasteiger partial charge is 0.456 e. The standard InChI is InChI=1S/C112H80B2N6O/c1-111(2,3)79-62-85(71-36-17-9-18-37-71)105(86(63-79)72-38-19-10-20-39-72)119-98-66-81(117-95-50-29-26-45-82(95)83-46-27-30-51-96(83)117)54-56-90(98)113-93-67-101-104-109(121-102-61-76(70-34-15-8-16-35-70)52-55-91(102)114(104)92-48-31-47-84-89-58-75(69-32-13-7-14-33-69)53-57-97(89)118(101)107(84)92)108(93)120(100-60-78(59-99(119)103(100)113)110-115-68-77-44-25-28-49-94(77)116-110)106-87(73-40-21-11-22-41-73)64-80(112(4,5)6)65-88(106)74-42-23-12-24-43-74/h7-68H,1-6H3/i7D,13D,14D,26D,27D,29D,30D,31D,32D,33D,45D,46D,47D,48D,50D,51D,53D,54D,56D,57D,58D,66D. The Balaban J connectivity index is 0.979. The molecule has 0 amide bonds. The van der Waals surface area contributed by atoms with Gasteiger partial charge in [0.05, 0.1) is 69.3 Å². The summed E-state index contributed by atoms with van der Waals surface area (Å²) in [6, 6.07) is 61.6. The third-order valence-corrected chi connectivity index (χ3v) is 24.4. The minimum atomic E-state index is -1.53. The Morgan fingerprint density at radius 2 is 0.868 bits per heavy atom. The molecule has 0 aliphatic carbocycles. The molecule has 0 bridgehead atoms. The molecule has 570 valence electrons. The summed E-state index contributed by atoms with van der Waals surface area (Å²) in [7, 11) is 0. The van der Waals surface area contributed by atoms with Gasteiger partial charge in [0.25, 0.3) is 13.4 Å². The van der Waals surface area contributed by atoms with Gasteiger partial charge in [0.1, 0.15) is 11.5 Å². The van der Waals surface area contributed by atoms with Crippen LogP contribution in [0, 0.1) is 0 Å². The van der Waals surface area contributed by atoms with Crippen molar-refractivity contribution in [2.75, 3.05) is 9.80 Å². The van der Waals surface area contributed by atoms with Crippen molar-refractivity contribution in [1.29, 1.82) is 0 Å². The molecule has 121 heavy (non-hydrogen) atoms. The van der Waals surface area contributed by atoms with Gasteiger partial charge in [-0.25, -0.2) is 9.97 Å². The predicted molar refractivity (Wildman–Crippen MR) is 509 cm³/mol. The molecule has 0 saturated carbocycles. The first-order valence-corrected chi connectivity index (χ1v) is 40.5. The van der Waals surface area contributed by atoms with Crippen LogP contribution >= 0.6 is 0 Å². The highest BCUT2D eigenvalue weighted by Crippen LogP contribution is 2.58. The quantitative estimate of drug-likeness (QED) is 0.128. The number of ether oxygens (including phenoxy) is 1. The Kier molecular flexibility index (Phi) is 11.4. The monoisotopic (exact) mass is 1570 g/mol. The highest BCUT2D eigenvalue weighted by atomic mass is 16.5. The van der Waals surface area contributed by atoms with E-state index < -0.39 is 185 Å². The lowest BCUT2D eigenvalue weighted by Crippen LogP contribution is -2.64. The van der Waals surface area contributed by atoms with Crippen molar-refractivity contribution in [3.8, 4) is 101 Å². The van der Waals surface area contributed by atoms with Crippen LogP contribution in [-0.4, -0.2) is 32.5 Å². The first-order valence-electron chi connectivity index (χ1n) is 51.5. The van der Waals surface area contributed by atoms with Gasteiger partial charge in [-0.15, -0.1) is 0 Å². The maximum absolute atomic E-state index is 12.2. The molecule has 4 aliphatic heterocycles. The lowest BCUT2D eigenvalue weighted by atomic mass is 9.31. The van der Waals surface area contributed by atoms with Crippen molar-refractivity contribution in [1.82, 2.24) is 19.1 Å². The molecule has 9 heteroatoms. The van der Waals surface area contributed by atoms with Gasteiger partial charge in [0.2, 0.25) is 0 Å². The number of para-hydroxylation sites is 4. The lowest BCUT2D eigenvalue weighted by molar-refractivity contribution is 0.489. The van der Waals surface area contributed by atoms with Crippen LogP contribution in [0.4, 0.5) is 34.1 Å². The second kappa shape index (κ2) is 26.9. The molecule has 20 aromatic rings. The number of anilines is 6. The molecular formula is C112H80B2N6O. The number of hydrogen-bond donors (Lipinski definition) is 0. The molecule has 0 radical (unpaired) electrons. The van der Waals surface area contributed by atoms with E-state index in [2.05, 4.69) is 70.7 Å². The van der Waals surface area contributed by atoms with E-state index in [1.54, 1.807) is 10.8 Å². The van der Waals surface area contributed by atoms with E-state index in [4.69, 9.17) is 18.8 Å². The smallest absolute Gasteiger partial charge is 0.256 e. The highest BCUT2D eigenvalue weighted by molar-refractivity contribution is 7.02. The summed E-state index contributed by atoms with van der Waals surface area (Å²) < 4.78 is 234. The number of fused-ring (bicyclic) bond motifs is 16. The fourth-order valence-electron chi connectivity index (χ4n) is 18.8. The number of hydrogen-bond acceptors (Lipinski definition) is 5. The molecule has 0 atom stereocenters. The third-order valence-electron chi connectivity index (χ3n) is 24.4. The van der Waals surface area contributed by atoms with E-state index in [0.717, 1.165) is 32.4 Å². The summed E-state index contributed by atoms with van der Waals surface area (Å²) in [5.74, 6) is 0.526. The number of aromatic nitrogens is 4. The van der Waals surface area contributed by atoms with Gasteiger partial charge in [0, 0.05) is 94.9 Å². The predicted octanol–water partition coefficient (Wildman–Crippen LogP) is 25.1.